The zero-order valence-corrected chi connectivity index (χ0v) is 14.0. The van der Waals surface area contributed by atoms with Gasteiger partial charge in [0.05, 0.1) is 12.5 Å². The maximum atomic E-state index is 12.8. The number of rotatable bonds is 4. The molecule has 1 saturated heterocycles. The van der Waals surface area contributed by atoms with Gasteiger partial charge in [0.25, 0.3) is 5.91 Å². The van der Waals surface area contributed by atoms with Crippen molar-refractivity contribution in [1.82, 2.24) is 15.1 Å². The Morgan fingerprint density at radius 1 is 1.52 bits per heavy atom. The first-order valence-corrected chi connectivity index (χ1v) is 8.10. The van der Waals surface area contributed by atoms with Gasteiger partial charge >= 0.3 is 6.03 Å². The van der Waals surface area contributed by atoms with Gasteiger partial charge in [-0.25, -0.2) is 4.79 Å². The highest BCUT2D eigenvalue weighted by Gasteiger charge is 2.55. The minimum absolute atomic E-state index is 0.0723. The van der Waals surface area contributed by atoms with E-state index in [9.17, 15) is 14.4 Å². The first-order chi connectivity index (χ1) is 10.8. The smallest absolute Gasteiger partial charge is 0.325 e. The standard InChI is InChI=1S/C16H24N4O3/c1-11-6-4-5-8-16(11)14(22)20(15(23)18-16)10-13(21)19(3)12(2)7-9-17/h11-12H,4-8,10H2,1-3H3,(H,18,23)/t11-,12+,16+/m0/s1. The number of nitriles is 1. The van der Waals surface area contributed by atoms with Crippen LogP contribution in [0.3, 0.4) is 0 Å². The summed E-state index contributed by atoms with van der Waals surface area (Å²) in [5.74, 6) is -0.552. The topological polar surface area (TPSA) is 93.5 Å². The van der Waals surface area contributed by atoms with Gasteiger partial charge < -0.3 is 10.2 Å². The zero-order valence-electron chi connectivity index (χ0n) is 14.0. The number of nitrogens with zero attached hydrogens (tertiary/aromatic N) is 3. The highest BCUT2D eigenvalue weighted by atomic mass is 16.2. The molecule has 126 valence electrons. The fraction of sp³-hybridized carbons (Fsp3) is 0.750. The Morgan fingerprint density at radius 2 is 2.22 bits per heavy atom. The molecule has 0 unspecified atom stereocenters. The molecule has 3 atom stereocenters. The molecule has 0 aromatic heterocycles. The monoisotopic (exact) mass is 320 g/mol. The summed E-state index contributed by atoms with van der Waals surface area (Å²) >= 11 is 0. The number of hydrogen-bond donors (Lipinski definition) is 1. The second kappa shape index (κ2) is 6.57. The molecule has 0 radical (unpaired) electrons. The lowest BCUT2D eigenvalue weighted by molar-refractivity contribution is -0.140. The van der Waals surface area contributed by atoms with Gasteiger partial charge in [0.15, 0.2) is 0 Å². The van der Waals surface area contributed by atoms with Crippen molar-refractivity contribution in [2.24, 2.45) is 5.92 Å². The quantitative estimate of drug-likeness (QED) is 0.789. The molecular formula is C16H24N4O3. The third kappa shape index (κ3) is 3.03. The average Bonchev–Trinajstić information content (AvgIpc) is 2.75. The first kappa shape index (κ1) is 17.3. The summed E-state index contributed by atoms with van der Waals surface area (Å²) in [5.41, 5.74) is -0.841. The molecule has 2 rings (SSSR count). The highest BCUT2D eigenvalue weighted by Crippen LogP contribution is 2.38. The SMILES string of the molecule is C[C@H](CC#N)N(C)C(=O)CN1C(=O)N[C@@]2(CCCC[C@@H]2C)C1=O. The summed E-state index contributed by atoms with van der Waals surface area (Å²) in [7, 11) is 1.59. The highest BCUT2D eigenvalue weighted by molar-refractivity contribution is 6.09. The minimum Gasteiger partial charge on any atom is -0.340 e. The predicted molar refractivity (Wildman–Crippen MR) is 83.1 cm³/mol. The van der Waals surface area contributed by atoms with Gasteiger partial charge in [0.1, 0.15) is 12.1 Å². The van der Waals surface area contributed by atoms with Crippen molar-refractivity contribution in [3.63, 3.8) is 0 Å². The number of carbonyl (C=O) groups excluding carboxylic acids is 3. The lowest BCUT2D eigenvalue weighted by Gasteiger charge is -2.36. The number of carbonyl (C=O) groups is 3. The van der Waals surface area contributed by atoms with Gasteiger partial charge in [0, 0.05) is 13.1 Å². The second-order valence-electron chi connectivity index (χ2n) is 6.66. The van der Waals surface area contributed by atoms with Crippen LogP contribution >= 0.6 is 0 Å². The van der Waals surface area contributed by atoms with Gasteiger partial charge in [-0.05, 0) is 25.7 Å². The van der Waals surface area contributed by atoms with E-state index < -0.39 is 11.6 Å². The average molecular weight is 320 g/mol. The molecule has 1 N–H and O–H groups in total. The molecule has 1 heterocycles. The van der Waals surface area contributed by atoms with Crippen molar-refractivity contribution < 1.29 is 14.4 Å². The summed E-state index contributed by atoms with van der Waals surface area (Å²) in [4.78, 5) is 39.7. The second-order valence-corrected chi connectivity index (χ2v) is 6.66. The lowest BCUT2D eigenvalue weighted by atomic mass is 9.73. The Hall–Kier alpha value is -2.10. The predicted octanol–water partition coefficient (Wildman–Crippen LogP) is 1.25. The van der Waals surface area contributed by atoms with Crippen molar-refractivity contribution in [2.75, 3.05) is 13.6 Å². The molecule has 7 nitrogen and oxygen atoms in total. The molecule has 0 aromatic carbocycles. The molecule has 2 fully saturated rings. The van der Waals surface area contributed by atoms with Crippen LogP contribution in [-0.4, -0.2) is 52.8 Å². The normalized spacial score (nSPS) is 28.4. The Kier molecular flexibility index (Phi) is 4.93. The number of nitrogens with one attached hydrogen (secondary N) is 1. The Morgan fingerprint density at radius 3 is 2.83 bits per heavy atom. The first-order valence-electron chi connectivity index (χ1n) is 8.10. The van der Waals surface area contributed by atoms with Gasteiger partial charge in [-0.3, -0.25) is 14.5 Å². The number of imide groups is 1. The number of likely N-dealkylation sites (N-methyl/N-ethyl adjacent to an activating group) is 1. The third-order valence-electron chi connectivity index (χ3n) is 5.24. The van der Waals surface area contributed by atoms with E-state index >= 15 is 0 Å². The molecule has 1 spiro atoms. The number of hydrogen-bond acceptors (Lipinski definition) is 4. The zero-order chi connectivity index (χ0) is 17.2. The van der Waals surface area contributed by atoms with E-state index in [-0.39, 0.29) is 36.7 Å². The van der Waals surface area contributed by atoms with Crippen molar-refractivity contribution in [2.45, 2.75) is 57.5 Å². The Labute approximate surface area is 136 Å². The van der Waals surface area contributed by atoms with E-state index in [0.29, 0.717) is 6.42 Å². The van der Waals surface area contributed by atoms with E-state index in [0.717, 1.165) is 24.2 Å². The van der Waals surface area contributed by atoms with Crippen LogP contribution in [0, 0.1) is 17.2 Å². The van der Waals surface area contributed by atoms with Crippen LogP contribution in [0.15, 0.2) is 0 Å². The number of amides is 4. The van der Waals surface area contributed by atoms with Crippen LogP contribution in [-0.2, 0) is 9.59 Å². The van der Waals surface area contributed by atoms with Gasteiger partial charge in [0.2, 0.25) is 5.91 Å². The van der Waals surface area contributed by atoms with Gasteiger partial charge in [-0.1, -0.05) is 19.8 Å². The number of urea groups is 1. The van der Waals surface area contributed by atoms with E-state index in [2.05, 4.69) is 5.32 Å². The molecule has 1 aliphatic carbocycles. The van der Waals surface area contributed by atoms with Crippen LogP contribution in [0.4, 0.5) is 4.79 Å². The summed E-state index contributed by atoms with van der Waals surface area (Å²) in [6.07, 6.45) is 3.69. The van der Waals surface area contributed by atoms with Gasteiger partial charge in [-0.2, -0.15) is 5.26 Å². The fourth-order valence-electron chi connectivity index (χ4n) is 3.40. The summed E-state index contributed by atoms with van der Waals surface area (Å²) in [5, 5.41) is 11.5. The van der Waals surface area contributed by atoms with Gasteiger partial charge in [-0.15, -0.1) is 0 Å². The fourth-order valence-corrected chi connectivity index (χ4v) is 3.40. The Bertz CT molecular complexity index is 556. The molecule has 2 aliphatic rings. The minimum atomic E-state index is -0.841. The molecule has 23 heavy (non-hydrogen) atoms. The molecule has 4 amide bonds. The maximum Gasteiger partial charge on any atom is 0.325 e. The Balaban J connectivity index is 2.09. The maximum absolute atomic E-state index is 12.8. The summed E-state index contributed by atoms with van der Waals surface area (Å²) in [6.45, 7) is 3.47. The summed E-state index contributed by atoms with van der Waals surface area (Å²) in [6, 6.07) is 1.27. The third-order valence-corrected chi connectivity index (χ3v) is 5.24. The van der Waals surface area contributed by atoms with Crippen LogP contribution in [0.2, 0.25) is 0 Å². The van der Waals surface area contributed by atoms with Crippen molar-refractivity contribution in [3.8, 4) is 6.07 Å². The summed E-state index contributed by atoms with van der Waals surface area (Å²) < 4.78 is 0. The van der Waals surface area contributed by atoms with E-state index in [4.69, 9.17) is 5.26 Å². The molecule has 1 saturated carbocycles. The molecular weight excluding hydrogens is 296 g/mol. The lowest BCUT2D eigenvalue weighted by Crippen LogP contribution is -2.54. The van der Waals surface area contributed by atoms with Crippen LogP contribution in [0.5, 0.6) is 0 Å². The molecule has 7 heteroatoms. The molecule has 0 aromatic rings. The van der Waals surface area contributed by atoms with Crippen LogP contribution < -0.4 is 5.32 Å². The molecule has 1 aliphatic heterocycles. The largest absolute Gasteiger partial charge is 0.340 e. The van der Waals surface area contributed by atoms with Crippen molar-refractivity contribution in [1.29, 1.82) is 5.26 Å². The van der Waals surface area contributed by atoms with E-state index in [1.165, 1.54) is 4.90 Å². The van der Waals surface area contributed by atoms with Crippen LogP contribution in [0.25, 0.3) is 0 Å². The van der Waals surface area contributed by atoms with Crippen molar-refractivity contribution >= 4 is 17.8 Å². The van der Waals surface area contributed by atoms with Crippen LogP contribution in [0.1, 0.15) is 46.0 Å². The van der Waals surface area contributed by atoms with Crippen molar-refractivity contribution in [3.05, 3.63) is 0 Å². The van der Waals surface area contributed by atoms with E-state index in [1.807, 2.05) is 13.0 Å². The molecule has 0 bridgehead atoms. The van der Waals surface area contributed by atoms with E-state index in [1.54, 1.807) is 14.0 Å².